The highest BCUT2D eigenvalue weighted by Crippen LogP contribution is 2.17. The fourth-order valence-corrected chi connectivity index (χ4v) is 1.66. The number of nitrogens with one attached hydrogen (secondary N) is 1. The van der Waals surface area contributed by atoms with Gasteiger partial charge < -0.3 is 15.3 Å². The molecule has 1 aliphatic heterocycles. The maximum atomic E-state index is 11.7. The maximum Gasteiger partial charge on any atom is 0.405 e. The number of amides is 2. The summed E-state index contributed by atoms with van der Waals surface area (Å²) in [5.74, 6) is -0.332. The first-order chi connectivity index (χ1) is 7.06. The number of carboxylic acid groups (broad SMARTS) is 1. The van der Waals surface area contributed by atoms with Crippen LogP contribution in [0.1, 0.15) is 19.8 Å². The first-order valence-corrected chi connectivity index (χ1v) is 4.76. The second-order valence-corrected chi connectivity index (χ2v) is 3.49. The molecule has 1 saturated heterocycles. The number of hydrogen-bond donors (Lipinski definition) is 2. The molecular weight excluding hydrogens is 198 g/mol. The van der Waals surface area contributed by atoms with Crippen molar-refractivity contribution in [2.75, 3.05) is 6.54 Å². The maximum absolute atomic E-state index is 11.7. The van der Waals surface area contributed by atoms with Crippen molar-refractivity contribution in [2.24, 2.45) is 0 Å². The van der Waals surface area contributed by atoms with Crippen LogP contribution in [0, 0.1) is 11.3 Å². The van der Waals surface area contributed by atoms with Crippen molar-refractivity contribution >= 4 is 12.0 Å². The van der Waals surface area contributed by atoms with Gasteiger partial charge in [-0.15, -0.1) is 0 Å². The van der Waals surface area contributed by atoms with E-state index >= 15 is 0 Å². The molecule has 1 rings (SSSR count). The lowest BCUT2D eigenvalue weighted by molar-refractivity contribution is -0.132. The number of rotatable bonds is 2. The van der Waals surface area contributed by atoms with Crippen molar-refractivity contribution in [3.63, 3.8) is 0 Å². The molecule has 0 aromatic rings. The van der Waals surface area contributed by atoms with Gasteiger partial charge >= 0.3 is 6.09 Å². The number of carbonyl (C=O) groups is 2. The number of likely N-dealkylation sites (tertiary alicyclic amines) is 1. The Labute approximate surface area is 87.5 Å². The molecule has 1 fully saturated rings. The third-order valence-electron chi connectivity index (χ3n) is 2.40. The van der Waals surface area contributed by atoms with Gasteiger partial charge in [0.15, 0.2) is 0 Å². The minimum absolute atomic E-state index is 0.332. The van der Waals surface area contributed by atoms with E-state index < -0.39 is 18.2 Å². The van der Waals surface area contributed by atoms with Gasteiger partial charge in [-0.25, -0.2) is 4.79 Å². The van der Waals surface area contributed by atoms with E-state index in [1.807, 2.05) is 6.07 Å². The Bertz CT molecular complexity index is 310. The average molecular weight is 211 g/mol. The second-order valence-electron chi connectivity index (χ2n) is 3.49. The molecule has 2 N–H and O–H groups in total. The van der Waals surface area contributed by atoms with Gasteiger partial charge in [-0.2, -0.15) is 5.26 Å². The van der Waals surface area contributed by atoms with Crippen LogP contribution in [0.4, 0.5) is 4.79 Å². The van der Waals surface area contributed by atoms with E-state index in [0.717, 1.165) is 6.42 Å². The molecule has 0 aromatic carbocycles. The smallest absolute Gasteiger partial charge is 0.405 e. The molecule has 6 heteroatoms. The van der Waals surface area contributed by atoms with E-state index in [-0.39, 0.29) is 5.91 Å². The number of hydrogen-bond acceptors (Lipinski definition) is 3. The van der Waals surface area contributed by atoms with Crippen LogP contribution in [0.5, 0.6) is 0 Å². The molecular formula is C9H13N3O3. The van der Waals surface area contributed by atoms with Crippen LogP contribution in [-0.4, -0.2) is 40.6 Å². The zero-order valence-electron chi connectivity index (χ0n) is 8.43. The predicted molar refractivity (Wildman–Crippen MR) is 51.0 cm³/mol. The second kappa shape index (κ2) is 4.64. The van der Waals surface area contributed by atoms with Crippen molar-refractivity contribution in [3.8, 4) is 6.07 Å². The molecule has 15 heavy (non-hydrogen) atoms. The van der Waals surface area contributed by atoms with E-state index in [9.17, 15) is 9.59 Å². The summed E-state index contributed by atoms with van der Waals surface area (Å²) in [7, 11) is 0. The quantitative estimate of drug-likeness (QED) is 0.680. The number of nitrogens with zero attached hydrogens (tertiary/aromatic N) is 2. The van der Waals surface area contributed by atoms with Crippen molar-refractivity contribution in [1.29, 1.82) is 5.26 Å². The van der Waals surface area contributed by atoms with E-state index in [0.29, 0.717) is 13.0 Å². The summed E-state index contributed by atoms with van der Waals surface area (Å²) in [6.45, 7) is 2.01. The van der Waals surface area contributed by atoms with Crippen LogP contribution in [0.3, 0.4) is 0 Å². The Kier molecular flexibility index (Phi) is 3.50. The Morgan fingerprint density at radius 2 is 2.33 bits per heavy atom. The van der Waals surface area contributed by atoms with Crippen LogP contribution in [0.25, 0.3) is 0 Å². The highest BCUT2D eigenvalue weighted by Gasteiger charge is 2.31. The van der Waals surface area contributed by atoms with E-state index in [1.165, 1.54) is 11.8 Å². The summed E-state index contributed by atoms with van der Waals surface area (Å²) in [6.07, 6.45) is 0.231. The normalized spacial score (nSPS) is 21.9. The predicted octanol–water partition coefficient (Wildman–Crippen LogP) is 0.157. The third kappa shape index (κ3) is 2.59. The van der Waals surface area contributed by atoms with Crippen LogP contribution in [0.2, 0.25) is 0 Å². The van der Waals surface area contributed by atoms with Crippen molar-refractivity contribution in [2.45, 2.75) is 31.8 Å². The molecule has 0 saturated carbocycles. The fraction of sp³-hybridized carbons (Fsp3) is 0.667. The molecule has 0 aromatic heterocycles. The van der Waals surface area contributed by atoms with Crippen LogP contribution >= 0.6 is 0 Å². The minimum Gasteiger partial charge on any atom is -0.465 e. The molecule has 0 aliphatic carbocycles. The van der Waals surface area contributed by atoms with Gasteiger partial charge in [0.2, 0.25) is 5.91 Å². The van der Waals surface area contributed by atoms with Crippen LogP contribution < -0.4 is 5.32 Å². The van der Waals surface area contributed by atoms with Gasteiger partial charge in [-0.05, 0) is 19.8 Å². The highest BCUT2D eigenvalue weighted by atomic mass is 16.4. The molecule has 1 aliphatic rings. The lowest BCUT2D eigenvalue weighted by atomic mass is 10.2. The topological polar surface area (TPSA) is 93.4 Å². The Morgan fingerprint density at radius 3 is 2.87 bits per heavy atom. The largest absolute Gasteiger partial charge is 0.465 e. The minimum atomic E-state index is -1.23. The highest BCUT2D eigenvalue weighted by molar-refractivity contribution is 5.85. The summed E-state index contributed by atoms with van der Waals surface area (Å²) in [5, 5.41) is 19.3. The Balaban J connectivity index is 2.60. The van der Waals surface area contributed by atoms with Crippen LogP contribution in [-0.2, 0) is 4.79 Å². The summed E-state index contributed by atoms with van der Waals surface area (Å²) in [5.41, 5.74) is 0. The number of carbonyl (C=O) groups excluding carboxylic acids is 1. The molecule has 2 atom stereocenters. The average Bonchev–Trinajstić information content (AvgIpc) is 2.62. The van der Waals surface area contributed by atoms with Gasteiger partial charge in [0.1, 0.15) is 12.1 Å². The first kappa shape index (κ1) is 11.3. The molecule has 1 heterocycles. The lowest BCUT2D eigenvalue weighted by Gasteiger charge is -2.23. The lowest BCUT2D eigenvalue weighted by Crippen LogP contribution is -2.47. The van der Waals surface area contributed by atoms with Crippen molar-refractivity contribution in [3.05, 3.63) is 0 Å². The van der Waals surface area contributed by atoms with Gasteiger partial charge in [0.05, 0.1) is 6.07 Å². The van der Waals surface area contributed by atoms with Crippen molar-refractivity contribution < 1.29 is 14.7 Å². The third-order valence-corrected chi connectivity index (χ3v) is 2.40. The van der Waals surface area contributed by atoms with E-state index in [2.05, 4.69) is 5.32 Å². The standard InChI is InChI=1S/C9H13N3O3/c1-6(11-9(14)15)8(13)12-4-2-3-7(12)5-10/h6-7,11H,2-4H2,1H3,(H,14,15)/t6-,7+/m1/s1. The van der Waals surface area contributed by atoms with Gasteiger partial charge in [-0.3, -0.25) is 4.79 Å². The fourth-order valence-electron chi connectivity index (χ4n) is 1.66. The molecule has 0 radical (unpaired) electrons. The molecule has 0 spiro atoms. The Morgan fingerprint density at radius 1 is 1.67 bits per heavy atom. The molecule has 0 bridgehead atoms. The zero-order chi connectivity index (χ0) is 11.4. The molecule has 2 amide bonds. The van der Waals surface area contributed by atoms with E-state index in [1.54, 1.807) is 0 Å². The molecule has 82 valence electrons. The Hall–Kier alpha value is -1.77. The van der Waals surface area contributed by atoms with E-state index in [4.69, 9.17) is 10.4 Å². The zero-order valence-corrected chi connectivity index (χ0v) is 8.43. The van der Waals surface area contributed by atoms with Gasteiger partial charge in [0, 0.05) is 6.54 Å². The summed E-state index contributed by atoms with van der Waals surface area (Å²) in [4.78, 5) is 23.5. The number of nitriles is 1. The monoisotopic (exact) mass is 211 g/mol. The summed E-state index contributed by atoms with van der Waals surface area (Å²) < 4.78 is 0. The summed E-state index contributed by atoms with van der Waals surface area (Å²) >= 11 is 0. The first-order valence-electron chi connectivity index (χ1n) is 4.76. The molecule has 0 unspecified atom stereocenters. The van der Waals surface area contributed by atoms with Gasteiger partial charge in [-0.1, -0.05) is 0 Å². The SMILES string of the molecule is C[C@@H](NC(=O)O)C(=O)N1CCC[C@H]1C#N. The van der Waals surface area contributed by atoms with Crippen LogP contribution in [0.15, 0.2) is 0 Å². The van der Waals surface area contributed by atoms with Gasteiger partial charge in [0.25, 0.3) is 0 Å². The van der Waals surface area contributed by atoms with Crippen molar-refractivity contribution in [1.82, 2.24) is 10.2 Å². The molecule has 6 nitrogen and oxygen atoms in total. The summed E-state index contributed by atoms with van der Waals surface area (Å²) in [6, 6.07) is 0.831.